The second kappa shape index (κ2) is 9.18. The van der Waals surface area contributed by atoms with Gasteiger partial charge in [0.1, 0.15) is 17.2 Å². The Labute approximate surface area is 201 Å². The molecule has 35 heavy (non-hydrogen) atoms. The summed E-state index contributed by atoms with van der Waals surface area (Å²) in [5.74, 6) is -6.57. The first-order chi connectivity index (χ1) is 17.8. The highest BCUT2D eigenvalue weighted by molar-refractivity contribution is 7.13. The van der Waals surface area contributed by atoms with Gasteiger partial charge in [-0.1, -0.05) is 0 Å². The van der Waals surface area contributed by atoms with Crippen LogP contribution in [0.5, 0.6) is 17.2 Å². The zero-order chi connectivity index (χ0) is 27.9. The van der Waals surface area contributed by atoms with E-state index in [2.05, 4.69) is 4.98 Å². The molecule has 9 nitrogen and oxygen atoms in total. The molecule has 0 unspecified atom stereocenters. The fourth-order valence-electron chi connectivity index (χ4n) is 3.34. The van der Waals surface area contributed by atoms with Crippen molar-refractivity contribution in [1.82, 2.24) is 9.55 Å². The molecule has 0 saturated heterocycles. The highest BCUT2D eigenvalue weighted by Crippen LogP contribution is 2.33. The number of aromatic amines is 1. The summed E-state index contributed by atoms with van der Waals surface area (Å²) in [7, 11) is -1.88. The van der Waals surface area contributed by atoms with E-state index in [4.69, 9.17) is 18.3 Å². The van der Waals surface area contributed by atoms with Gasteiger partial charge < -0.3 is 24.3 Å². The number of nitrogens with zero attached hydrogens (tertiary/aromatic N) is 1. The number of ether oxygens (including phenoxy) is 3. The molecule has 0 aliphatic heterocycles. The van der Waals surface area contributed by atoms with E-state index >= 15 is 4.39 Å². The number of carboxylic acids is 1. The minimum Gasteiger partial charge on any atom is -0.496 e. The van der Waals surface area contributed by atoms with E-state index in [0.29, 0.717) is 22.0 Å². The molecular formula is C22H15F3N2O7S. The Kier molecular flexibility index (Phi) is 5.28. The number of H-pyrrole nitrogens is 1. The van der Waals surface area contributed by atoms with Crippen LogP contribution >= 0.6 is 11.3 Å². The molecule has 2 N–H and O–H groups in total. The van der Waals surface area contributed by atoms with Crippen molar-refractivity contribution in [2.24, 2.45) is 0 Å². The van der Waals surface area contributed by atoms with Gasteiger partial charge in [-0.25, -0.2) is 27.3 Å². The second-order valence-electron chi connectivity index (χ2n) is 6.91. The highest BCUT2D eigenvalue weighted by atomic mass is 32.1. The number of aromatic nitrogens is 2. The smallest absolute Gasteiger partial charge is 0.346 e. The van der Waals surface area contributed by atoms with Gasteiger partial charge in [0.15, 0.2) is 29.0 Å². The highest BCUT2D eigenvalue weighted by Gasteiger charge is 2.23. The molecule has 2 heterocycles. The Morgan fingerprint density at radius 3 is 2.60 bits per heavy atom. The lowest BCUT2D eigenvalue weighted by Crippen LogP contribution is -2.34. The first-order valence-corrected chi connectivity index (χ1v) is 10.4. The van der Waals surface area contributed by atoms with Crippen LogP contribution in [0.1, 0.15) is 19.3 Å². The molecule has 2 aromatic heterocycles. The number of carbonyl (C=O) groups is 1. The molecule has 0 amide bonds. The Morgan fingerprint density at radius 1 is 1.14 bits per heavy atom. The zero-order valence-corrected chi connectivity index (χ0v) is 18.3. The van der Waals surface area contributed by atoms with E-state index in [-0.39, 0.29) is 27.3 Å². The van der Waals surface area contributed by atoms with E-state index < -0.39 is 65.3 Å². The number of hydrogen-bond donors (Lipinski definition) is 2. The standard InChI is InChI=1S/C22H15F3N2O7S/c1-32-14-4-3-10(23)18(25)9(14)7-34-16-6-13(11(24)5-15(16)33-2)27-20(28)17-12(26-22(27)31)8-35-19(17)21(29)30/h3-6,8H,7H2,1-2H3,(H,26,31)(H,29,30)/i1D3. The molecule has 0 atom stereocenters. The van der Waals surface area contributed by atoms with Gasteiger partial charge in [0, 0.05) is 17.5 Å². The Morgan fingerprint density at radius 2 is 1.91 bits per heavy atom. The third-order valence-electron chi connectivity index (χ3n) is 4.96. The topological polar surface area (TPSA) is 120 Å². The molecule has 0 aliphatic rings. The number of thiophene rings is 1. The quantitative estimate of drug-likeness (QED) is 0.390. The van der Waals surface area contributed by atoms with Crippen molar-refractivity contribution in [3.8, 4) is 22.9 Å². The summed E-state index contributed by atoms with van der Waals surface area (Å²) in [5.41, 5.74) is -3.60. The predicted molar refractivity (Wildman–Crippen MR) is 119 cm³/mol. The predicted octanol–water partition coefficient (Wildman–Crippen LogP) is 3.45. The summed E-state index contributed by atoms with van der Waals surface area (Å²) in [6.45, 7) is -0.839. The number of fused-ring (bicyclic) bond motifs is 1. The maximum absolute atomic E-state index is 15.0. The van der Waals surface area contributed by atoms with Gasteiger partial charge in [-0.05, 0) is 12.1 Å². The molecule has 0 spiro atoms. The molecule has 4 aromatic rings. The summed E-state index contributed by atoms with van der Waals surface area (Å²) in [6.07, 6.45) is 0. The fraction of sp³-hybridized carbons (Fsp3) is 0.136. The van der Waals surface area contributed by atoms with Gasteiger partial charge in [-0.15, -0.1) is 11.3 Å². The summed E-state index contributed by atoms with van der Waals surface area (Å²) in [5, 5.41) is 10.2. The first kappa shape index (κ1) is 20.1. The van der Waals surface area contributed by atoms with E-state index in [1.165, 1.54) is 5.38 Å². The lowest BCUT2D eigenvalue weighted by atomic mass is 10.2. The van der Waals surface area contributed by atoms with Gasteiger partial charge in [-0.2, -0.15) is 0 Å². The summed E-state index contributed by atoms with van der Waals surface area (Å²) >= 11 is 0.685. The molecular weight excluding hydrogens is 493 g/mol. The Balaban J connectivity index is 1.83. The first-order valence-electron chi connectivity index (χ1n) is 11.0. The molecule has 0 bridgehead atoms. The van der Waals surface area contributed by atoms with Gasteiger partial charge in [-0.3, -0.25) is 4.79 Å². The zero-order valence-electron chi connectivity index (χ0n) is 20.5. The van der Waals surface area contributed by atoms with Crippen LogP contribution in [0.15, 0.2) is 39.2 Å². The van der Waals surface area contributed by atoms with Gasteiger partial charge in [0.25, 0.3) is 5.56 Å². The van der Waals surface area contributed by atoms with Crippen LogP contribution < -0.4 is 25.5 Å². The van der Waals surface area contributed by atoms with Crippen molar-refractivity contribution in [3.63, 3.8) is 0 Å². The number of carboxylic acid groups (broad SMARTS) is 1. The van der Waals surface area contributed by atoms with Crippen LogP contribution in [-0.2, 0) is 6.61 Å². The number of halogens is 3. The normalized spacial score (nSPS) is 12.6. The Hall–Kier alpha value is -4.26. The molecule has 0 radical (unpaired) electrons. The van der Waals surface area contributed by atoms with E-state index in [1.54, 1.807) is 0 Å². The van der Waals surface area contributed by atoms with Crippen LogP contribution in [0, 0.1) is 17.5 Å². The third kappa shape index (κ3) is 4.10. The van der Waals surface area contributed by atoms with Crippen molar-refractivity contribution in [2.75, 3.05) is 14.1 Å². The number of methoxy groups -OCH3 is 2. The van der Waals surface area contributed by atoms with Crippen molar-refractivity contribution in [3.05, 3.63) is 78.4 Å². The number of benzene rings is 2. The molecule has 182 valence electrons. The molecule has 4 rings (SSSR count). The number of hydrogen-bond acceptors (Lipinski definition) is 7. The largest absolute Gasteiger partial charge is 0.496 e. The van der Waals surface area contributed by atoms with Gasteiger partial charge in [0.05, 0.1) is 40.4 Å². The minimum atomic E-state index is -3.00. The van der Waals surface area contributed by atoms with Crippen LogP contribution in [0.3, 0.4) is 0 Å². The SMILES string of the molecule is [2H]C([2H])([2H])Oc1ccc(F)c(F)c1COc1cc(-n2c(=O)[nH]c3csc(C(=O)O)c3c2=O)c(F)cc1OC. The second-order valence-corrected chi connectivity index (χ2v) is 7.79. The van der Waals surface area contributed by atoms with Crippen LogP contribution in [-0.4, -0.2) is 34.8 Å². The number of nitrogens with one attached hydrogen (secondary N) is 1. The summed E-state index contributed by atoms with van der Waals surface area (Å²) in [6, 6.07) is 3.13. The lowest BCUT2D eigenvalue weighted by Gasteiger charge is -2.16. The molecule has 0 fully saturated rings. The average molecular weight is 511 g/mol. The molecule has 13 heteroatoms. The summed E-state index contributed by atoms with van der Waals surface area (Å²) < 4.78 is 80.6. The molecule has 2 aromatic carbocycles. The monoisotopic (exact) mass is 511 g/mol. The summed E-state index contributed by atoms with van der Waals surface area (Å²) in [4.78, 5) is 39.2. The van der Waals surface area contributed by atoms with Crippen molar-refractivity contribution in [2.45, 2.75) is 6.61 Å². The minimum absolute atomic E-state index is 0.0626. The molecule has 0 saturated carbocycles. The van der Waals surface area contributed by atoms with Gasteiger partial charge >= 0.3 is 11.7 Å². The van der Waals surface area contributed by atoms with E-state index in [9.17, 15) is 28.3 Å². The van der Waals surface area contributed by atoms with Crippen LogP contribution in [0.4, 0.5) is 13.2 Å². The molecule has 0 aliphatic carbocycles. The van der Waals surface area contributed by atoms with Crippen LogP contribution in [0.2, 0.25) is 0 Å². The van der Waals surface area contributed by atoms with Gasteiger partial charge in [0.2, 0.25) is 0 Å². The number of rotatable bonds is 7. The van der Waals surface area contributed by atoms with Crippen molar-refractivity contribution < 1.29 is 41.4 Å². The van der Waals surface area contributed by atoms with Crippen molar-refractivity contribution in [1.29, 1.82) is 0 Å². The van der Waals surface area contributed by atoms with Crippen LogP contribution in [0.25, 0.3) is 16.6 Å². The fourth-order valence-corrected chi connectivity index (χ4v) is 4.17. The average Bonchev–Trinajstić information content (AvgIpc) is 3.26. The number of aromatic carboxylic acids is 1. The van der Waals surface area contributed by atoms with E-state index in [1.807, 2.05) is 0 Å². The maximum atomic E-state index is 15.0. The maximum Gasteiger partial charge on any atom is 0.346 e. The lowest BCUT2D eigenvalue weighted by molar-refractivity contribution is 0.0704. The van der Waals surface area contributed by atoms with Crippen molar-refractivity contribution >= 4 is 28.2 Å². The van der Waals surface area contributed by atoms with E-state index in [0.717, 1.165) is 25.3 Å². The Bertz CT molecular complexity index is 1700. The third-order valence-corrected chi connectivity index (χ3v) is 5.92.